The second-order valence-corrected chi connectivity index (χ2v) is 10.2. The van der Waals surface area contributed by atoms with E-state index in [1.54, 1.807) is 0 Å². The third-order valence-corrected chi connectivity index (χ3v) is 6.46. The van der Waals surface area contributed by atoms with Crippen LogP contribution < -0.4 is 10.6 Å². The van der Waals surface area contributed by atoms with Gasteiger partial charge < -0.3 is 10.6 Å². The molecule has 2 heterocycles. The number of benzene rings is 2. The number of halogens is 2. The lowest BCUT2D eigenvalue weighted by Gasteiger charge is -2.13. The number of hydrogen-bond acceptors (Lipinski definition) is 12. The first kappa shape index (κ1) is 25.5. The van der Waals surface area contributed by atoms with Crippen molar-refractivity contribution in [1.29, 1.82) is 0 Å². The molecule has 4 aromatic rings. The third-order valence-electron chi connectivity index (χ3n) is 4.30. The molecule has 4 rings (SSSR count). The Morgan fingerprint density at radius 2 is 1.47 bits per heavy atom. The van der Waals surface area contributed by atoms with Crippen molar-refractivity contribution >= 4 is 66.7 Å². The van der Waals surface area contributed by atoms with Gasteiger partial charge in [-0.1, -0.05) is 12.1 Å². The van der Waals surface area contributed by atoms with E-state index >= 15 is 0 Å². The molecular weight excluding hydrogens is 559 g/mol. The van der Waals surface area contributed by atoms with E-state index in [0.717, 1.165) is 12.4 Å². The monoisotopic (exact) mass is 570 g/mol. The Bertz CT molecular complexity index is 1690. The minimum atomic E-state index is -4.87. The van der Waals surface area contributed by atoms with Crippen molar-refractivity contribution in [2.24, 2.45) is 0 Å². The van der Waals surface area contributed by atoms with Crippen LogP contribution in [-0.4, -0.2) is 55.8 Å². The average Bonchev–Trinajstić information content (AvgIpc) is 2.77. The smallest absolute Gasteiger partial charge is 0.297 e. The van der Waals surface area contributed by atoms with Gasteiger partial charge in [-0.3, -0.25) is 9.11 Å². The van der Waals surface area contributed by atoms with Crippen molar-refractivity contribution in [2.45, 2.75) is 9.79 Å². The lowest BCUT2D eigenvalue weighted by atomic mass is 10.2. The molecule has 0 spiro atoms. The highest BCUT2D eigenvalue weighted by Crippen LogP contribution is 2.33. The molecule has 0 saturated heterocycles. The molecule has 18 heteroatoms. The topological polar surface area (TPSA) is 210 Å². The quantitative estimate of drug-likeness (QED) is 0.235. The summed E-state index contributed by atoms with van der Waals surface area (Å²) in [4.78, 5) is 22.2. The third kappa shape index (κ3) is 5.99. The van der Waals surface area contributed by atoms with E-state index in [-0.39, 0.29) is 45.2 Å². The summed E-state index contributed by atoms with van der Waals surface area (Å²) in [5.41, 5.74) is -0.138. The Morgan fingerprint density at radius 1 is 0.750 bits per heavy atom. The highest BCUT2D eigenvalue weighted by Gasteiger charge is 2.24. The fraction of sp³-hybridized carbons (Fsp3) is 0. The summed E-state index contributed by atoms with van der Waals surface area (Å²) in [6.07, 6.45) is 1.09. The molecular formula is C18H12Cl2N8O6S2. The molecule has 36 heavy (non-hydrogen) atoms. The van der Waals surface area contributed by atoms with Crippen LogP contribution in [-0.2, 0) is 20.2 Å². The highest BCUT2D eigenvalue weighted by atomic mass is 35.5. The van der Waals surface area contributed by atoms with E-state index in [9.17, 15) is 25.9 Å². The molecule has 0 aliphatic rings. The molecule has 2 aromatic carbocycles. The summed E-state index contributed by atoms with van der Waals surface area (Å²) < 4.78 is 66.7. The van der Waals surface area contributed by atoms with Gasteiger partial charge in [0.2, 0.25) is 22.5 Å². The van der Waals surface area contributed by atoms with E-state index in [1.165, 1.54) is 36.4 Å². The summed E-state index contributed by atoms with van der Waals surface area (Å²) >= 11 is 11.8. The van der Waals surface area contributed by atoms with E-state index in [1.807, 2.05) is 0 Å². The van der Waals surface area contributed by atoms with Gasteiger partial charge in [0.15, 0.2) is 5.82 Å². The van der Waals surface area contributed by atoms with E-state index < -0.39 is 30.0 Å². The largest absolute Gasteiger partial charge is 0.324 e. The second-order valence-electron chi connectivity index (χ2n) is 6.74. The molecule has 0 saturated carbocycles. The van der Waals surface area contributed by atoms with Gasteiger partial charge in [-0.25, -0.2) is 9.97 Å². The highest BCUT2D eigenvalue weighted by molar-refractivity contribution is 7.86. The van der Waals surface area contributed by atoms with Gasteiger partial charge >= 0.3 is 0 Å². The first-order valence-corrected chi connectivity index (χ1v) is 13.0. The minimum absolute atomic E-state index is 0.105. The SMILES string of the molecule is O=S(=O)(O)c1cccc(Nc2nc(Cl)nc(-c3cccc(Nc4ncnc(Cl)n4)c3S(=O)(=O)O)n2)c1. The van der Waals surface area contributed by atoms with Gasteiger partial charge in [0.25, 0.3) is 20.2 Å². The fourth-order valence-corrected chi connectivity index (χ4v) is 4.58. The maximum Gasteiger partial charge on any atom is 0.297 e. The van der Waals surface area contributed by atoms with Crippen LogP contribution in [0.1, 0.15) is 0 Å². The lowest BCUT2D eigenvalue weighted by Crippen LogP contribution is -2.09. The lowest BCUT2D eigenvalue weighted by molar-refractivity contribution is 0.481. The number of nitrogens with zero attached hydrogens (tertiary/aromatic N) is 6. The van der Waals surface area contributed by atoms with Crippen LogP contribution in [0.2, 0.25) is 10.6 Å². The maximum atomic E-state index is 12.3. The molecule has 0 bridgehead atoms. The predicted octanol–water partition coefficient (Wildman–Crippen LogP) is 3.01. The average molecular weight is 571 g/mol. The molecule has 0 fully saturated rings. The number of rotatable bonds is 7. The van der Waals surface area contributed by atoms with Crippen LogP contribution in [0.3, 0.4) is 0 Å². The van der Waals surface area contributed by atoms with Crippen molar-refractivity contribution in [3.63, 3.8) is 0 Å². The van der Waals surface area contributed by atoms with Crippen molar-refractivity contribution in [3.05, 3.63) is 59.4 Å². The van der Waals surface area contributed by atoms with Crippen molar-refractivity contribution in [3.8, 4) is 11.4 Å². The molecule has 0 aliphatic carbocycles. The van der Waals surface area contributed by atoms with Gasteiger partial charge in [0, 0.05) is 11.3 Å². The summed E-state index contributed by atoms with van der Waals surface area (Å²) in [6.45, 7) is 0. The van der Waals surface area contributed by atoms with Crippen LogP contribution in [0.15, 0.2) is 58.6 Å². The molecule has 14 nitrogen and oxygen atoms in total. The van der Waals surface area contributed by atoms with Gasteiger partial charge in [-0.05, 0) is 53.5 Å². The van der Waals surface area contributed by atoms with Gasteiger partial charge in [0.05, 0.1) is 10.6 Å². The standard InChI is InChI=1S/C18H12Cl2N8O6S2/c19-15-21-8-22-17(27-15)24-12-6-2-5-11(13(12)36(32,33)34)14-25-16(20)28-18(26-14)23-9-3-1-4-10(7-9)35(29,30)31/h1-8H,(H,29,30,31)(H,32,33,34)(H,21,22,24,27)(H,23,25,26,28). The number of anilines is 4. The summed E-state index contributed by atoms with van der Waals surface area (Å²) in [5.74, 6) is -0.554. The zero-order chi connectivity index (χ0) is 26.1. The van der Waals surface area contributed by atoms with E-state index in [0.29, 0.717) is 0 Å². The van der Waals surface area contributed by atoms with Crippen LogP contribution >= 0.6 is 23.2 Å². The molecule has 0 radical (unpaired) electrons. The maximum absolute atomic E-state index is 12.3. The molecule has 186 valence electrons. The number of aromatic nitrogens is 6. The van der Waals surface area contributed by atoms with Crippen molar-refractivity contribution < 1.29 is 25.9 Å². The molecule has 4 N–H and O–H groups in total. The Labute approximate surface area is 213 Å². The van der Waals surface area contributed by atoms with Gasteiger partial charge in [-0.15, -0.1) is 0 Å². The van der Waals surface area contributed by atoms with Crippen molar-refractivity contribution in [1.82, 2.24) is 29.9 Å². The first-order chi connectivity index (χ1) is 16.9. The Balaban J connectivity index is 1.79. The summed E-state index contributed by atoms with van der Waals surface area (Å²) in [5, 5.41) is 4.82. The Morgan fingerprint density at radius 3 is 2.17 bits per heavy atom. The Hall–Kier alpha value is -3.54. The molecule has 2 aromatic heterocycles. The van der Waals surface area contributed by atoms with Crippen LogP contribution in [0.5, 0.6) is 0 Å². The number of nitrogens with one attached hydrogen (secondary N) is 2. The predicted molar refractivity (Wildman–Crippen MR) is 128 cm³/mol. The van der Waals surface area contributed by atoms with Gasteiger partial charge in [0.1, 0.15) is 11.2 Å². The molecule has 0 atom stereocenters. The molecule has 0 amide bonds. The van der Waals surface area contributed by atoms with Crippen molar-refractivity contribution in [2.75, 3.05) is 10.6 Å². The summed E-state index contributed by atoms with van der Waals surface area (Å²) in [7, 11) is -9.35. The normalized spacial score (nSPS) is 11.8. The van der Waals surface area contributed by atoms with Crippen LogP contribution in [0.25, 0.3) is 11.4 Å². The zero-order valence-electron chi connectivity index (χ0n) is 17.4. The molecule has 0 unspecified atom stereocenters. The second kappa shape index (κ2) is 9.84. The first-order valence-electron chi connectivity index (χ1n) is 9.39. The summed E-state index contributed by atoms with van der Waals surface area (Å²) in [6, 6.07) is 9.17. The van der Waals surface area contributed by atoms with Crippen LogP contribution in [0.4, 0.5) is 23.3 Å². The minimum Gasteiger partial charge on any atom is -0.324 e. The van der Waals surface area contributed by atoms with E-state index in [4.69, 9.17) is 23.2 Å². The van der Waals surface area contributed by atoms with Gasteiger partial charge in [-0.2, -0.15) is 36.8 Å². The zero-order valence-corrected chi connectivity index (χ0v) is 20.5. The van der Waals surface area contributed by atoms with E-state index in [2.05, 4.69) is 40.5 Å². The fourth-order valence-electron chi connectivity index (χ4n) is 2.94. The van der Waals surface area contributed by atoms with Crippen LogP contribution in [0, 0.1) is 0 Å². The molecule has 0 aliphatic heterocycles. The number of hydrogen-bond donors (Lipinski definition) is 4. The Kier molecular flexibility index (Phi) is 6.98.